The average molecular weight is 252 g/mol. The lowest BCUT2D eigenvalue weighted by Gasteiger charge is -2.00. The summed E-state index contributed by atoms with van der Waals surface area (Å²) < 4.78 is 14.8. The van der Waals surface area contributed by atoms with Crippen molar-refractivity contribution in [3.8, 4) is 17.0 Å². The van der Waals surface area contributed by atoms with Crippen LogP contribution in [0.25, 0.3) is 11.3 Å². The second kappa shape index (κ2) is 4.46. The number of aromatic nitrogens is 2. The first kappa shape index (κ1) is 12.1. The molecule has 0 aliphatic rings. The molecule has 0 spiro atoms. The predicted molar refractivity (Wildman–Crippen MR) is 68.6 cm³/mol. The molecule has 17 heavy (non-hydrogen) atoms. The zero-order chi connectivity index (χ0) is 12.6. The van der Waals surface area contributed by atoms with Crippen molar-refractivity contribution in [2.45, 2.75) is 12.8 Å². The van der Waals surface area contributed by atoms with Crippen LogP contribution in [0.3, 0.4) is 0 Å². The lowest BCUT2D eigenvalue weighted by Crippen LogP contribution is -1.96. The van der Waals surface area contributed by atoms with Gasteiger partial charge in [-0.25, -0.2) is 4.39 Å². The molecule has 0 saturated carbocycles. The van der Waals surface area contributed by atoms with E-state index in [1.54, 1.807) is 25.2 Å². The van der Waals surface area contributed by atoms with Crippen molar-refractivity contribution >= 4 is 9.24 Å². The molecule has 0 saturated heterocycles. The molecule has 2 unspecified atom stereocenters. The molecule has 5 heteroatoms. The molecular weight excluding hydrogens is 238 g/mol. The maximum Gasteiger partial charge on any atom is 0.154 e. The van der Waals surface area contributed by atoms with Crippen LogP contribution in [0.15, 0.2) is 24.3 Å². The quantitative estimate of drug-likeness (QED) is 0.834. The van der Waals surface area contributed by atoms with Crippen LogP contribution < -0.4 is 0 Å². The minimum Gasteiger partial charge on any atom is -0.508 e. The Kier molecular flexibility index (Phi) is 3.16. The third kappa shape index (κ3) is 2.32. The molecule has 0 bridgehead atoms. The number of aryl methyl sites for hydroxylation is 2. The van der Waals surface area contributed by atoms with E-state index in [1.807, 2.05) is 13.0 Å². The summed E-state index contributed by atoms with van der Waals surface area (Å²) in [4.78, 5) is 0. The number of alkyl halides is 1. The van der Waals surface area contributed by atoms with Crippen molar-refractivity contribution < 1.29 is 9.50 Å². The van der Waals surface area contributed by atoms with Gasteiger partial charge in [0.2, 0.25) is 0 Å². The van der Waals surface area contributed by atoms with Gasteiger partial charge in [0.25, 0.3) is 0 Å². The van der Waals surface area contributed by atoms with Gasteiger partial charge in [0.15, 0.2) is 5.91 Å². The second-order valence-electron chi connectivity index (χ2n) is 3.98. The molecule has 0 aliphatic heterocycles. The molecule has 1 aromatic carbocycles. The van der Waals surface area contributed by atoms with Crippen LogP contribution in [0, 0.1) is 6.92 Å². The Morgan fingerprint density at radius 2 is 2.12 bits per heavy atom. The smallest absolute Gasteiger partial charge is 0.154 e. The fourth-order valence-electron chi connectivity index (χ4n) is 1.70. The molecule has 0 aliphatic carbocycles. The van der Waals surface area contributed by atoms with Gasteiger partial charge in [-0.1, -0.05) is 9.24 Å². The zero-order valence-corrected chi connectivity index (χ0v) is 10.8. The minimum atomic E-state index is -1.13. The van der Waals surface area contributed by atoms with Crippen molar-refractivity contribution in [1.29, 1.82) is 0 Å². The monoisotopic (exact) mass is 252 g/mol. The Balaban J connectivity index is 2.46. The fourth-order valence-corrected chi connectivity index (χ4v) is 2.01. The number of benzene rings is 1. The number of hydrogen-bond acceptors (Lipinski definition) is 2. The Bertz CT molecular complexity index is 551. The van der Waals surface area contributed by atoms with Gasteiger partial charge in [-0.15, -0.1) is 0 Å². The van der Waals surface area contributed by atoms with Crippen LogP contribution in [-0.4, -0.2) is 14.9 Å². The highest BCUT2D eigenvalue weighted by atomic mass is 31.0. The summed E-state index contributed by atoms with van der Waals surface area (Å²) in [5.41, 5.74) is 2.86. The first-order valence-corrected chi connectivity index (χ1v) is 5.89. The van der Waals surface area contributed by atoms with Crippen molar-refractivity contribution in [1.82, 2.24) is 9.78 Å². The first-order valence-electron chi connectivity index (χ1n) is 5.22. The summed E-state index contributed by atoms with van der Waals surface area (Å²) in [6.07, 6.45) is 0. The third-order valence-corrected chi connectivity index (χ3v) is 3.03. The van der Waals surface area contributed by atoms with Gasteiger partial charge in [0.05, 0.1) is 11.4 Å². The first-order chi connectivity index (χ1) is 7.99. The second-order valence-corrected chi connectivity index (χ2v) is 4.57. The molecule has 2 rings (SSSR count). The van der Waals surface area contributed by atoms with Gasteiger partial charge in [-0.3, -0.25) is 4.68 Å². The van der Waals surface area contributed by atoms with Gasteiger partial charge in [0.1, 0.15) is 5.75 Å². The van der Waals surface area contributed by atoms with Crippen LogP contribution in [0.4, 0.5) is 4.39 Å². The molecule has 1 aromatic heterocycles. The van der Waals surface area contributed by atoms with Crippen molar-refractivity contribution in [2.24, 2.45) is 7.05 Å². The van der Waals surface area contributed by atoms with E-state index >= 15 is 0 Å². The van der Waals surface area contributed by atoms with E-state index in [0.29, 0.717) is 11.4 Å². The Labute approximate surface area is 101 Å². The molecule has 1 N–H and O–H groups in total. The maximum absolute atomic E-state index is 13.2. The average Bonchev–Trinajstić information content (AvgIpc) is 2.64. The Hall–Kier alpha value is -1.41. The summed E-state index contributed by atoms with van der Waals surface area (Å²) in [7, 11) is 3.82. The Morgan fingerprint density at radius 1 is 1.41 bits per heavy atom. The van der Waals surface area contributed by atoms with Crippen molar-refractivity contribution in [3.05, 3.63) is 35.5 Å². The van der Waals surface area contributed by atoms with Crippen molar-refractivity contribution in [3.63, 3.8) is 0 Å². The highest BCUT2D eigenvalue weighted by Crippen LogP contribution is 2.29. The minimum absolute atomic E-state index is 0.249. The predicted octanol–water partition coefficient (Wildman–Crippen LogP) is 2.94. The summed E-state index contributed by atoms with van der Waals surface area (Å²) in [5.74, 6) is -0.876. The topological polar surface area (TPSA) is 38.0 Å². The number of halogens is 1. The highest BCUT2D eigenvalue weighted by Gasteiger charge is 2.12. The normalized spacial score (nSPS) is 12.7. The molecule has 0 fully saturated rings. The molecule has 2 atom stereocenters. The molecule has 0 amide bonds. The number of rotatable bonds is 2. The number of aromatic hydroxyl groups is 1. The van der Waals surface area contributed by atoms with E-state index in [4.69, 9.17) is 0 Å². The van der Waals surface area contributed by atoms with Crippen LogP contribution in [0.2, 0.25) is 0 Å². The SMILES string of the molecule is Cc1cc(-c2cc(C(F)P)n(C)n2)ccc1O. The zero-order valence-electron chi connectivity index (χ0n) is 9.68. The summed E-state index contributed by atoms with van der Waals surface area (Å²) in [5, 5.41) is 13.7. The molecule has 90 valence electrons. The van der Waals surface area contributed by atoms with Gasteiger partial charge in [-0.2, -0.15) is 5.10 Å². The third-order valence-electron chi connectivity index (χ3n) is 2.69. The number of nitrogens with zero attached hydrogens (tertiary/aromatic N) is 2. The van der Waals surface area contributed by atoms with Crippen molar-refractivity contribution in [2.75, 3.05) is 0 Å². The number of hydrogen-bond donors (Lipinski definition) is 1. The fraction of sp³-hybridized carbons (Fsp3) is 0.250. The van der Waals surface area contributed by atoms with Crippen LogP contribution >= 0.6 is 9.24 Å². The molecular formula is C12H14FN2OP. The molecule has 3 nitrogen and oxygen atoms in total. The highest BCUT2D eigenvalue weighted by molar-refractivity contribution is 7.16. The lowest BCUT2D eigenvalue weighted by molar-refractivity contribution is 0.443. The standard InChI is InChI=1S/C12H14FN2OP/c1-7-5-8(3-4-11(7)16)9-6-10(12(13)17)15(2)14-9/h3-6,12,16H,17H2,1-2H3. The van der Waals surface area contributed by atoms with E-state index in [9.17, 15) is 9.50 Å². The van der Waals surface area contributed by atoms with E-state index in [0.717, 1.165) is 11.1 Å². The summed E-state index contributed by atoms with van der Waals surface area (Å²) in [6.45, 7) is 1.82. The summed E-state index contributed by atoms with van der Waals surface area (Å²) in [6, 6.07) is 6.93. The summed E-state index contributed by atoms with van der Waals surface area (Å²) >= 11 is 0. The largest absolute Gasteiger partial charge is 0.508 e. The van der Waals surface area contributed by atoms with Crippen LogP contribution in [-0.2, 0) is 7.05 Å². The number of phenols is 1. The van der Waals surface area contributed by atoms with Gasteiger partial charge in [-0.05, 0) is 36.8 Å². The Morgan fingerprint density at radius 3 is 2.65 bits per heavy atom. The molecule has 2 aromatic rings. The van der Waals surface area contributed by atoms with Crippen LogP contribution in [0.1, 0.15) is 17.2 Å². The van der Waals surface area contributed by atoms with E-state index in [-0.39, 0.29) is 5.75 Å². The molecule has 0 radical (unpaired) electrons. The van der Waals surface area contributed by atoms with Gasteiger partial charge >= 0.3 is 0 Å². The maximum atomic E-state index is 13.2. The number of phenolic OH excluding ortho intramolecular Hbond substituents is 1. The van der Waals surface area contributed by atoms with E-state index < -0.39 is 5.91 Å². The van der Waals surface area contributed by atoms with E-state index in [1.165, 1.54) is 4.68 Å². The lowest BCUT2D eigenvalue weighted by atomic mass is 10.1. The van der Waals surface area contributed by atoms with Crippen LogP contribution in [0.5, 0.6) is 5.75 Å². The van der Waals surface area contributed by atoms with Gasteiger partial charge < -0.3 is 5.11 Å². The van der Waals surface area contributed by atoms with E-state index in [2.05, 4.69) is 14.3 Å². The van der Waals surface area contributed by atoms with Gasteiger partial charge in [0, 0.05) is 12.6 Å². The molecule has 1 heterocycles.